The van der Waals surface area contributed by atoms with E-state index in [1.807, 2.05) is 0 Å². The van der Waals surface area contributed by atoms with Gasteiger partial charge in [-0.25, -0.2) is 0 Å². The molecule has 0 N–H and O–H groups in total. The summed E-state index contributed by atoms with van der Waals surface area (Å²) in [6.07, 6.45) is 3.15. The Balaban J connectivity index is 3.72. The van der Waals surface area contributed by atoms with E-state index in [0.29, 0.717) is 22.7 Å². The standard InChI is InChI=1S/C11H22OS/c1-5-9(4)13-8-11(12)10(6-2)7-3/h9-10H,5-8H2,1-4H3. The third kappa shape index (κ3) is 5.35. The Bertz CT molecular complexity index is 141. The number of hydrogen-bond donors (Lipinski definition) is 0. The highest BCUT2D eigenvalue weighted by Gasteiger charge is 2.14. The van der Waals surface area contributed by atoms with E-state index >= 15 is 0 Å². The van der Waals surface area contributed by atoms with Crippen LogP contribution in [-0.4, -0.2) is 16.8 Å². The SMILES string of the molecule is CCC(C)SCC(=O)C(CC)CC. The van der Waals surface area contributed by atoms with Gasteiger partial charge in [-0.2, -0.15) is 11.8 Å². The second-order valence-electron chi connectivity index (χ2n) is 3.51. The molecule has 0 fully saturated rings. The Morgan fingerprint density at radius 1 is 1.15 bits per heavy atom. The summed E-state index contributed by atoms with van der Waals surface area (Å²) in [6.45, 7) is 8.55. The molecule has 0 aromatic rings. The minimum Gasteiger partial charge on any atom is -0.298 e. The van der Waals surface area contributed by atoms with Crippen LogP contribution in [0.5, 0.6) is 0 Å². The average Bonchev–Trinajstić information content (AvgIpc) is 2.16. The molecule has 0 rings (SSSR count). The van der Waals surface area contributed by atoms with E-state index in [2.05, 4.69) is 27.7 Å². The predicted octanol–water partition coefficient (Wildman–Crippen LogP) is 3.52. The molecular formula is C11H22OS. The molecular weight excluding hydrogens is 180 g/mol. The molecule has 13 heavy (non-hydrogen) atoms. The molecule has 2 heteroatoms. The summed E-state index contributed by atoms with van der Waals surface area (Å²) in [7, 11) is 0. The number of carbonyl (C=O) groups excluding carboxylic acids is 1. The number of thioether (sulfide) groups is 1. The fourth-order valence-electron chi connectivity index (χ4n) is 1.20. The lowest BCUT2D eigenvalue weighted by Crippen LogP contribution is -2.16. The maximum Gasteiger partial charge on any atom is 0.145 e. The number of hydrogen-bond acceptors (Lipinski definition) is 2. The molecule has 0 aromatic carbocycles. The highest BCUT2D eigenvalue weighted by Crippen LogP contribution is 2.17. The van der Waals surface area contributed by atoms with Crippen molar-refractivity contribution in [2.45, 2.75) is 52.2 Å². The maximum absolute atomic E-state index is 11.6. The van der Waals surface area contributed by atoms with E-state index in [4.69, 9.17) is 0 Å². The Morgan fingerprint density at radius 2 is 1.69 bits per heavy atom. The molecule has 78 valence electrons. The minimum absolute atomic E-state index is 0.302. The van der Waals surface area contributed by atoms with Crippen molar-refractivity contribution in [1.29, 1.82) is 0 Å². The molecule has 0 spiro atoms. The normalized spacial score (nSPS) is 13.3. The molecule has 0 radical (unpaired) electrons. The van der Waals surface area contributed by atoms with Crippen LogP contribution in [0.4, 0.5) is 0 Å². The van der Waals surface area contributed by atoms with Crippen molar-refractivity contribution in [1.82, 2.24) is 0 Å². The van der Waals surface area contributed by atoms with Gasteiger partial charge < -0.3 is 0 Å². The summed E-state index contributed by atoms with van der Waals surface area (Å²) in [5, 5.41) is 0.623. The summed E-state index contributed by atoms with van der Waals surface area (Å²) in [5.74, 6) is 1.45. The fraction of sp³-hybridized carbons (Fsp3) is 0.909. The summed E-state index contributed by atoms with van der Waals surface area (Å²) >= 11 is 1.79. The molecule has 1 unspecified atom stereocenters. The Kier molecular flexibility index (Phi) is 7.44. The van der Waals surface area contributed by atoms with Gasteiger partial charge in [0.2, 0.25) is 0 Å². The van der Waals surface area contributed by atoms with Gasteiger partial charge in [-0.15, -0.1) is 0 Å². The molecule has 0 aliphatic carbocycles. The smallest absolute Gasteiger partial charge is 0.145 e. The molecule has 1 atom stereocenters. The highest BCUT2D eigenvalue weighted by molar-refractivity contribution is 8.00. The topological polar surface area (TPSA) is 17.1 Å². The van der Waals surface area contributed by atoms with E-state index in [0.717, 1.165) is 19.3 Å². The monoisotopic (exact) mass is 202 g/mol. The van der Waals surface area contributed by atoms with Gasteiger partial charge in [-0.1, -0.05) is 27.7 Å². The van der Waals surface area contributed by atoms with Crippen molar-refractivity contribution in [2.75, 3.05) is 5.75 Å². The van der Waals surface area contributed by atoms with E-state index in [1.54, 1.807) is 11.8 Å². The minimum atomic E-state index is 0.302. The van der Waals surface area contributed by atoms with E-state index in [1.165, 1.54) is 0 Å². The van der Waals surface area contributed by atoms with Gasteiger partial charge in [0.25, 0.3) is 0 Å². The van der Waals surface area contributed by atoms with Gasteiger partial charge in [0.05, 0.1) is 5.75 Å². The van der Waals surface area contributed by atoms with Crippen molar-refractivity contribution < 1.29 is 4.79 Å². The number of Topliss-reactive ketones (excluding diaryl/α,β-unsaturated/α-hetero) is 1. The Morgan fingerprint density at radius 3 is 2.08 bits per heavy atom. The average molecular weight is 202 g/mol. The van der Waals surface area contributed by atoms with Crippen LogP contribution in [0.25, 0.3) is 0 Å². The third-order valence-corrected chi connectivity index (χ3v) is 3.88. The molecule has 0 aliphatic heterocycles. The lowest BCUT2D eigenvalue weighted by atomic mass is 10.00. The van der Waals surface area contributed by atoms with Gasteiger partial charge in [-0.05, 0) is 19.3 Å². The van der Waals surface area contributed by atoms with Crippen molar-refractivity contribution in [3.8, 4) is 0 Å². The number of rotatable bonds is 7. The summed E-state index contributed by atoms with van der Waals surface area (Å²) in [5.41, 5.74) is 0. The first-order chi connectivity index (χ1) is 6.15. The van der Waals surface area contributed by atoms with Gasteiger partial charge in [0.1, 0.15) is 5.78 Å². The first-order valence-corrected chi connectivity index (χ1v) is 6.34. The highest BCUT2D eigenvalue weighted by atomic mass is 32.2. The van der Waals surface area contributed by atoms with Crippen LogP contribution >= 0.6 is 11.8 Å². The van der Waals surface area contributed by atoms with Crippen LogP contribution in [0.1, 0.15) is 47.0 Å². The number of carbonyl (C=O) groups is 1. The zero-order valence-electron chi connectivity index (χ0n) is 9.30. The first kappa shape index (κ1) is 13.0. The van der Waals surface area contributed by atoms with Crippen LogP contribution in [0.15, 0.2) is 0 Å². The van der Waals surface area contributed by atoms with Crippen LogP contribution in [-0.2, 0) is 4.79 Å². The van der Waals surface area contributed by atoms with Gasteiger partial charge >= 0.3 is 0 Å². The van der Waals surface area contributed by atoms with Gasteiger partial charge in [0, 0.05) is 11.2 Å². The molecule has 0 heterocycles. The van der Waals surface area contributed by atoms with Crippen LogP contribution < -0.4 is 0 Å². The van der Waals surface area contributed by atoms with Crippen molar-refractivity contribution in [3.05, 3.63) is 0 Å². The largest absolute Gasteiger partial charge is 0.298 e. The lowest BCUT2D eigenvalue weighted by Gasteiger charge is -2.12. The van der Waals surface area contributed by atoms with Crippen LogP contribution in [0.3, 0.4) is 0 Å². The van der Waals surface area contributed by atoms with E-state index in [9.17, 15) is 4.79 Å². The zero-order chi connectivity index (χ0) is 10.3. The summed E-state index contributed by atoms with van der Waals surface area (Å²) in [6, 6.07) is 0. The van der Waals surface area contributed by atoms with Crippen molar-refractivity contribution in [2.24, 2.45) is 5.92 Å². The van der Waals surface area contributed by atoms with E-state index < -0.39 is 0 Å². The molecule has 1 nitrogen and oxygen atoms in total. The summed E-state index contributed by atoms with van der Waals surface area (Å²) < 4.78 is 0. The molecule has 0 aliphatic rings. The van der Waals surface area contributed by atoms with Crippen LogP contribution in [0.2, 0.25) is 0 Å². The molecule has 0 saturated carbocycles. The summed E-state index contributed by atoms with van der Waals surface area (Å²) in [4.78, 5) is 11.6. The second kappa shape index (κ2) is 7.43. The molecule has 0 saturated heterocycles. The second-order valence-corrected chi connectivity index (χ2v) is 4.94. The van der Waals surface area contributed by atoms with Gasteiger partial charge in [-0.3, -0.25) is 4.79 Å². The van der Waals surface area contributed by atoms with E-state index in [-0.39, 0.29) is 0 Å². The number of ketones is 1. The fourth-order valence-corrected chi connectivity index (χ4v) is 2.12. The molecule has 0 aromatic heterocycles. The zero-order valence-corrected chi connectivity index (χ0v) is 10.1. The maximum atomic E-state index is 11.6. The Hall–Kier alpha value is 0.0200. The predicted molar refractivity (Wildman–Crippen MR) is 61.3 cm³/mol. The van der Waals surface area contributed by atoms with Crippen LogP contribution in [0, 0.1) is 5.92 Å². The lowest BCUT2D eigenvalue weighted by molar-refractivity contribution is -0.120. The van der Waals surface area contributed by atoms with Gasteiger partial charge in [0.15, 0.2) is 0 Å². The quantitative estimate of drug-likeness (QED) is 0.628. The third-order valence-electron chi connectivity index (χ3n) is 2.53. The van der Waals surface area contributed by atoms with Crippen molar-refractivity contribution >= 4 is 17.5 Å². The molecule has 0 bridgehead atoms. The molecule has 0 amide bonds. The Labute approximate surface area is 86.7 Å². The first-order valence-electron chi connectivity index (χ1n) is 5.29. The van der Waals surface area contributed by atoms with Crippen molar-refractivity contribution in [3.63, 3.8) is 0 Å².